The largest absolute Gasteiger partial charge is 0.351 e. The fraction of sp³-hybridized carbons (Fsp3) is 0.148. The molecule has 0 saturated carbocycles. The molecular formula is C27H18BrN3O. The molecule has 0 aliphatic carbocycles. The second-order valence-corrected chi connectivity index (χ2v) is 8.89. The highest BCUT2D eigenvalue weighted by Crippen LogP contribution is 2.56. The summed E-state index contributed by atoms with van der Waals surface area (Å²) in [6, 6.07) is 27.9. The van der Waals surface area contributed by atoms with Gasteiger partial charge < -0.3 is 4.90 Å². The highest BCUT2D eigenvalue weighted by Gasteiger charge is 2.63. The van der Waals surface area contributed by atoms with Gasteiger partial charge in [0.05, 0.1) is 18.2 Å². The zero-order valence-corrected chi connectivity index (χ0v) is 18.6. The summed E-state index contributed by atoms with van der Waals surface area (Å²) < 4.78 is 0.780. The summed E-state index contributed by atoms with van der Waals surface area (Å²) in [6.45, 7) is 0. The number of benzene rings is 3. The van der Waals surface area contributed by atoms with E-state index < -0.39 is 23.4 Å². The van der Waals surface area contributed by atoms with Gasteiger partial charge in [-0.1, -0.05) is 94.8 Å². The summed E-state index contributed by atoms with van der Waals surface area (Å²) in [5.41, 5.74) is 1.73. The summed E-state index contributed by atoms with van der Waals surface area (Å²) in [7, 11) is 0. The first-order valence-electron chi connectivity index (χ1n) is 10.3. The zero-order chi connectivity index (χ0) is 22.3. The van der Waals surface area contributed by atoms with Crippen molar-refractivity contribution in [3.05, 3.63) is 106 Å². The number of nitriles is 2. The fourth-order valence-electron chi connectivity index (χ4n) is 5.08. The van der Waals surface area contributed by atoms with Crippen LogP contribution in [-0.4, -0.2) is 17.9 Å². The summed E-state index contributed by atoms with van der Waals surface area (Å²) >= 11 is 3.61. The Morgan fingerprint density at radius 3 is 2.28 bits per heavy atom. The number of carbonyl (C=O) groups is 1. The number of carbonyl (C=O) groups excluding carboxylic acids is 1. The minimum absolute atomic E-state index is 0.103. The van der Waals surface area contributed by atoms with Gasteiger partial charge in [0.15, 0.2) is 11.2 Å². The Morgan fingerprint density at radius 2 is 1.56 bits per heavy atom. The standard InChI is InChI=1S/C27H18BrN3O/c28-21-12-6-5-11-20(21)24-25(26(32)19-9-2-1-3-10-19)31-22-13-7-4-8-18(22)14-15-23(31)27(24,16-29)17-30/h1-15,23-25H/t23-,24+,25+/m1/s1. The van der Waals surface area contributed by atoms with Crippen molar-refractivity contribution in [2.24, 2.45) is 5.41 Å². The number of hydrogen-bond donors (Lipinski definition) is 0. The first-order chi connectivity index (χ1) is 15.6. The molecule has 3 aromatic carbocycles. The van der Waals surface area contributed by atoms with Crippen LogP contribution in [0, 0.1) is 28.1 Å². The van der Waals surface area contributed by atoms with Crippen LogP contribution < -0.4 is 4.90 Å². The number of para-hydroxylation sites is 1. The molecule has 2 aliphatic heterocycles. The van der Waals surface area contributed by atoms with Crippen LogP contribution >= 0.6 is 15.9 Å². The lowest BCUT2D eigenvalue weighted by Crippen LogP contribution is -2.44. The quantitative estimate of drug-likeness (QED) is 0.449. The van der Waals surface area contributed by atoms with Gasteiger partial charge in [-0.3, -0.25) is 4.79 Å². The summed E-state index contributed by atoms with van der Waals surface area (Å²) in [4.78, 5) is 16.0. The van der Waals surface area contributed by atoms with E-state index in [1.165, 1.54) is 0 Å². The minimum Gasteiger partial charge on any atom is -0.351 e. The highest BCUT2D eigenvalue weighted by molar-refractivity contribution is 9.10. The van der Waals surface area contributed by atoms with E-state index in [0.717, 1.165) is 21.3 Å². The molecule has 5 rings (SSSR count). The third kappa shape index (κ3) is 2.83. The first kappa shape index (κ1) is 20.2. The van der Waals surface area contributed by atoms with Crippen LogP contribution in [0.2, 0.25) is 0 Å². The van der Waals surface area contributed by atoms with Gasteiger partial charge in [0.2, 0.25) is 0 Å². The van der Waals surface area contributed by atoms with Gasteiger partial charge in [0, 0.05) is 21.6 Å². The lowest BCUT2D eigenvalue weighted by molar-refractivity contribution is 0.0951. The summed E-state index contributed by atoms with van der Waals surface area (Å²) in [5.74, 6) is -0.754. The second kappa shape index (κ2) is 7.79. The van der Waals surface area contributed by atoms with E-state index in [2.05, 4.69) is 28.1 Å². The monoisotopic (exact) mass is 479 g/mol. The molecule has 1 saturated heterocycles. The van der Waals surface area contributed by atoms with Crippen molar-refractivity contribution in [2.75, 3.05) is 4.90 Å². The number of rotatable bonds is 3. The maximum atomic E-state index is 14.0. The molecule has 5 heteroatoms. The van der Waals surface area contributed by atoms with Gasteiger partial charge in [0.25, 0.3) is 0 Å². The van der Waals surface area contributed by atoms with E-state index in [9.17, 15) is 15.3 Å². The van der Waals surface area contributed by atoms with Crippen molar-refractivity contribution < 1.29 is 4.79 Å². The fourth-order valence-corrected chi connectivity index (χ4v) is 5.61. The molecule has 0 bridgehead atoms. The zero-order valence-electron chi connectivity index (χ0n) is 17.0. The second-order valence-electron chi connectivity index (χ2n) is 8.04. The molecule has 3 atom stereocenters. The Bertz CT molecular complexity index is 1300. The molecule has 3 aromatic rings. The van der Waals surface area contributed by atoms with Gasteiger partial charge >= 0.3 is 0 Å². The van der Waals surface area contributed by atoms with E-state index in [1.54, 1.807) is 12.1 Å². The maximum absolute atomic E-state index is 14.0. The molecule has 0 spiro atoms. The lowest BCUT2D eigenvalue weighted by Gasteiger charge is -2.35. The van der Waals surface area contributed by atoms with Crippen LogP contribution in [0.1, 0.15) is 27.4 Å². The van der Waals surface area contributed by atoms with Gasteiger partial charge in [0.1, 0.15) is 6.04 Å². The predicted octanol–water partition coefficient (Wildman–Crippen LogP) is 5.73. The molecule has 0 aromatic heterocycles. The lowest BCUT2D eigenvalue weighted by atomic mass is 9.69. The normalized spacial score (nSPS) is 22.3. The Labute approximate surface area is 195 Å². The molecule has 154 valence electrons. The van der Waals surface area contributed by atoms with E-state index in [-0.39, 0.29) is 5.78 Å². The van der Waals surface area contributed by atoms with Gasteiger partial charge in [-0.05, 0) is 23.3 Å². The molecule has 1 fully saturated rings. The number of hydrogen-bond acceptors (Lipinski definition) is 4. The van der Waals surface area contributed by atoms with E-state index in [0.29, 0.717) is 5.56 Å². The Morgan fingerprint density at radius 1 is 0.906 bits per heavy atom. The number of ketones is 1. The number of anilines is 1. The van der Waals surface area contributed by atoms with Gasteiger partial charge in [-0.25, -0.2) is 0 Å². The van der Waals surface area contributed by atoms with Crippen LogP contribution in [0.5, 0.6) is 0 Å². The van der Waals surface area contributed by atoms with Gasteiger partial charge in [-0.15, -0.1) is 0 Å². The van der Waals surface area contributed by atoms with Crippen molar-refractivity contribution in [3.63, 3.8) is 0 Å². The predicted molar refractivity (Wildman–Crippen MR) is 127 cm³/mol. The van der Waals surface area contributed by atoms with Crippen LogP contribution in [0.3, 0.4) is 0 Å². The number of fused-ring (bicyclic) bond motifs is 3. The van der Waals surface area contributed by atoms with Crippen molar-refractivity contribution >= 4 is 33.5 Å². The molecule has 2 heterocycles. The van der Waals surface area contributed by atoms with Crippen molar-refractivity contribution in [1.29, 1.82) is 10.5 Å². The van der Waals surface area contributed by atoms with E-state index in [1.807, 2.05) is 83.8 Å². The highest BCUT2D eigenvalue weighted by atomic mass is 79.9. The number of halogens is 1. The topological polar surface area (TPSA) is 67.9 Å². The molecule has 32 heavy (non-hydrogen) atoms. The third-order valence-corrected chi connectivity index (χ3v) is 7.20. The van der Waals surface area contributed by atoms with Crippen LogP contribution in [0.4, 0.5) is 5.69 Å². The van der Waals surface area contributed by atoms with Crippen LogP contribution in [0.25, 0.3) is 6.08 Å². The summed E-state index contributed by atoms with van der Waals surface area (Å²) in [6.07, 6.45) is 3.85. The minimum atomic E-state index is -1.44. The van der Waals surface area contributed by atoms with Crippen molar-refractivity contribution in [3.8, 4) is 12.1 Å². The van der Waals surface area contributed by atoms with Crippen molar-refractivity contribution in [1.82, 2.24) is 0 Å². The Hall–Kier alpha value is -3.67. The molecule has 0 unspecified atom stereocenters. The SMILES string of the molecule is N#CC1(C#N)[C@@H](c2ccccc2Br)[C@@H](C(=O)c2ccccc2)N2c3ccccc3C=C[C@@H]21. The Balaban J connectivity index is 1.81. The first-order valence-corrected chi connectivity index (χ1v) is 11.1. The Kier molecular flexibility index (Phi) is 4.93. The van der Waals surface area contributed by atoms with Gasteiger partial charge in [-0.2, -0.15) is 10.5 Å². The average molecular weight is 480 g/mol. The third-order valence-electron chi connectivity index (χ3n) is 6.48. The van der Waals surface area contributed by atoms with Crippen LogP contribution in [-0.2, 0) is 0 Å². The van der Waals surface area contributed by atoms with E-state index in [4.69, 9.17) is 0 Å². The molecule has 2 aliphatic rings. The molecule has 0 radical (unpaired) electrons. The smallest absolute Gasteiger partial charge is 0.185 e. The summed E-state index contributed by atoms with van der Waals surface area (Å²) in [5, 5.41) is 20.9. The molecule has 0 N–H and O–H groups in total. The van der Waals surface area contributed by atoms with Crippen LogP contribution in [0.15, 0.2) is 89.4 Å². The van der Waals surface area contributed by atoms with E-state index >= 15 is 0 Å². The van der Waals surface area contributed by atoms with Crippen molar-refractivity contribution in [2.45, 2.75) is 18.0 Å². The maximum Gasteiger partial charge on any atom is 0.185 e. The average Bonchev–Trinajstić information content (AvgIpc) is 3.15. The molecule has 0 amide bonds. The number of Topliss-reactive ketones (excluding diaryl/α,β-unsaturated/α-hetero) is 1. The number of nitrogens with zero attached hydrogens (tertiary/aromatic N) is 3. The molecule has 4 nitrogen and oxygen atoms in total. The molecular weight excluding hydrogens is 462 g/mol.